The summed E-state index contributed by atoms with van der Waals surface area (Å²) in [7, 11) is -0.871. The van der Waals surface area contributed by atoms with Gasteiger partial charge in [-0.25, -0.2) is 17.8 Å². The predicted octanol–water partition coefficient (Wildman–Crippen LogP) is 1.72. The maximum Gasteiger partial charge on any atom is 0.286 e. The fourth-order valence-electron chi connectivity index (χ4n) is 3.17. The number of fused-ring (bicyclic) bond motifs is 1. The smallest absolute Gasteiger partial charge is 0.286 e. The van der Waals surface area contributed by atoms with Gasteiger partial charge in [-0.15, -0.1) is 11.3 Å². The highest BCUT2D eigenvalue weighted by Crippen LogP contribution is 2.30. The average molecular weight is 473 g/mol. The number of nitrogens with one attached hydrogen (secondary N) is 3. The number of hydrogen-bond donors (Lipinski definition) is 3. The van der Waals surface area contributed by atoms with Crippen LogP contribution in [0.5, 0.6) is 0 Å². The number of carbonyl (C=O) groups excluding carboxylic acids is 2. The molecule has 3 heterocycles. The minimum absolute atomic E-state index is 0.0515. The van der Waals surface area contributed by atoms with Crippen LogP contribution in [0.4, 0.5) is 0 Å². The molecule has 4 rings (SSSR count). The van der Waals surface area contributed by atoms with E-state index in [0.717, 1.165) is 21.6 Å². The third-order valence-electron chi connectivity index (χ3n) is 4.85. The van der Waals surface area contributed by atoms with Gasteiger partial charge < -0.3 is 4.57 Å². The Bertz CT molecular complexity index is 1430. The number of carbonyl (C=O) groups is 2. The number of amides is 2. The predicted molar refractivity (Wildman–Crippen MR) is 120 cm³/mol. The van der Waals surface area contributed by atoms with E-state index in [-0.39, 0.29) is 10.6 Å². The highest BCUT2D eigenvalue weighted by molar-refractivity contribution is 7.89. The fourth-order valence-corrected chi connectivity index (χ4v) is 5.04. The number of para-hydroxylation sites is 1. The molecule has 0 radical (unpaired) electrons. The second-order valence-corrected chi connectivity index (χ2v) is 9.87. The largest absolute Gasteiger partial charge is 0.345 e. The Labute approximate surface area is 187 Å². The molecule has 0 spiro atoms. The summed E-state index contributed by atoms with van der Waals surface area (Å²) in [6, 6.07) is 12.5. The number of benzene rings is 1. The molecule has 3 N–H and O–H groups in total. The number of sulfonamides is 1. The Kier molecular flexibility index (Phi) is 5.59. The van der Waals surface area contributed by atoms with Crippen LogP contribution in [-0.2, 0) is 17.1 Å². The zero-order valence-corrected chi connectivity index (χ0v) is 19.0. The van der Waals surface area contributed by atoms with Crippen LogP contribution in [0.25, 0.3) is 15.9 Å². The molecule has 4 aromatic rings. The third kappa shape index (κ3) is 3.90. The number of thiophene rings is 1. The van der Waals surface area contributed by atoms with Gasteiger partial charge in [0, 0.05) is 18.6 Å². The number of hydrogen-bond acceptors (Lipinski definition) is 6. The van der Waals surface area contributed by atoms with Crippen molar-refractivity contribution in [3.05, 3.63) is 64.9 Å². The standard InChI is InChI=1S/C20H20N6O4S2/c1-12-15-10-17(31-20(15)26(24-12)13-7-5-4-6-8-13)19(28)23-22-18(27)16-9-14(11-25(16)3)32(29,30)21-2/h4-11,21H,1-3H3,(H,22,27)(H,23,28). The van der Waals surface area contributed by atoms with Crippen molar-refractivity contribution in [2.24, 2.45) is 7.05 Å². The normalized spacial score (nSPS) is 11.6. The summed E-state index contributed by atoms with van der Waals surface area (Å²) in [4.78, 5) is 26.3. The molecule has 0 unspecified atom stereocenters. The molecule has 0 saturated heterocycles. The van der Waals surface area contributed by atoms with Gasteiger partial charge in [-0.2, -0.15) is 5.10 Å². The van der Waals surface area contributed by atoms with Gasteiger partial charge in [0.1, 0.15) is 15.4 Å². The van der Waals surface area contributed by atoms with E-state index in [2.05, 4.69) is 20.7 Å². The molecule has 0 aliphatic carbocycles. The van der Waals surface area contributed by atoms with E-state index in [1.807, 2.05) is 37.3 Å². The lowest BCUT2D eigenvalue weighted by atomic mass is 10.3. The summed E-state index contributed by atoms with van der Waals surface area (Å²) in [5, 5.41) is 5.39. The number of rotatable bonds is 5. The monoisotopic (exact) mass is 472 g/mol. The van der Waals surface area contributed by atoms with E-state index in [9.17, 15) is 18.0 Å². The molecule has 0 fully saturated rings. The van der Waals surface area contributed by atoms with E-state index in [4.69, 9.17) is 0 Å². The number of aryl methyl sites for hydroxylation is 2. The van der Waals surface area contributed by atoms with E-state index in [1.165, 1.54) is 42.3 Å². The minimum atomic E-state index is -3.69. The van der Waals surface area contributed by atoms with Crippen LogP contribution in [0.15, 0.2) is 53.6 Å². The van der Waals surface area contributed by atoms with Crippen LogP contribution in [0.3, 0.4) is 0 Å². The first-order valence-electron chi connectivity index (χ1n) is 9.46. The van der Waals surface area contributed by atoms with Crippen LogP contribution in [0, 0.1) is 6.92 Å². The van der Waals surface area contributed by atoms with Gasteiger partial charge in [0.2, 0.25) is 10.0 Å². The minimum Gasteiger partial charge on any atom is -0.345 e. The van der Waals surface area contributed by atoms with Crippen LogP contribution >= 0.6 is 11.3 Å². The second-order valence-electron chi connectivity index (χ2n) is 6.95. The van der Waals surface area contributed by atoms with Gasteiger partial charge in [0.15, 0.2) is 0 Å². The number of hydrazine groups is 1. The van der Waals surface area contributed by atoms with Crippen molar-refractivity contribution in [3.8, 4) is 5.69 Å². The summed E-state index contributed by atoms with van der Waals surface area (Å²) >= 11 is 1.25. The van der Waals surface area contributed by atoms with Crippen molar-refractivity contribution in [1.82, 2.24) is 29.9 Å². The van der Waals surface area contributed by atoms with Crippen molar-refractivity contribution in [1.29, 1.82) is 0 Å². The molecule has 0 saturated carbocycles. The van der Waals surface area contributed by atoms with Crippen molar-refractivity contribution in [2.75, 3.05) is 7.05 Å². The SMILES string of the molecule is CNS(=O)(=O)c1cc(C(=O)NNC(=O)c2cc3c(C)nn(-c4ccccc4)c3s2)n(C)c1. The van der Waals surface area contributed by atoms with Crippen molar-refractivity contribution < 1.29 is 18.0 Å². The molecular weight excluding hydrogens is 452 g/mol. The summed E-state index contributed by atoms with van der Waals surface area (Å²) < 4.78 is 29.2. The van der Waals surface area contributed by atoms with Gasteiger partial charge in [0.05, 0.1) is 16.3 Å². The van der Waals surface area contributed by atoms with Gasteiger partial charge >= 0.3 is 0 Å². The highest BCUT2D eigenvalue weighted by atomic mass is 32.2. The zero-order valence-electron chi connectivity index (χ0n) is 17.4. The number of aromatic nitrogens is 3. The Morgan fingerprint density at radius 1 is 1.06 bits per heavy atom. The molecule has 0 aliphatic heterocycles. The van der Waals surface area contributed by atoms with E-state index >= 15 is 0 Å². The van der Waals surface area contributed by atoms with Gasteiger partial charge in [-0.05, 0) is 38.2 Å². The summed E-state index contributed by atoms with van der Waals surface area (Å²) in [5.41, 5.74) is 6.44. The van der Waals surface area contributed by atoms with E-state index in [1.54, 1.807) is 10.7 Å². The first-order valence-corrected chi connectivity index (χ1v) is 11.8. The first kappa shape index (κ1) is 21.7. The van der Waals surface area contributed by atoms with Crippen molar-refractivity contribution in [2.45, 2.75) is 11.8 Å². The lowest BCUT2D eigenvalue weighted by Gasteiger charge is -2.06. The molecule has 166 valence electrons. The van der Waals surface area contributed by atoms with Crippen molar-refractivity contribution >= 4 is 43.4 Å². The number of nitrogens with zero attached hydrogens (tertiary/aromatic N) is 3. The van der Waals surface area contributed by atoms with Crippen LogP contribution < -0.4 is 15.6 Å². The maximum atomic E-state index is 12.6. The van der Waals surface area contributed by atoms with Gasteiger partial charge in [-0.3, -0.25) is 20.4 Å². The summed E-state index contributed by atoms with van der Waals surface area (Å²) in [6.07, 6.45) is 1.31. The van der Waals surface area contributed by atoms with Gasteiger partial charge in [-0.1, -0.05) is 18.2 Å². The third-order valence-corrected chi connectivity index (χ3v) is 7.34. The summed E-state index contributed by atoms with van der Waals surface area (Å²) in [6.45, 7) is 1.87. The molecule has 3 aromatic heterocycles. The molecule has 32 heavy (non-hydrogen) atoms. The molecule has 1 aromatic carbocycles. The molecule has 0 aliphatic rings. The van der Waals surface area contributed by atoms with E-state index in [0.29, 0.717) is 4.88 Å². The van der Waals surface area contributed by atoms with Crippen molar-refractivity contribution in [3.63, 3.8) is 0 Å². The molecule has 2 amide bonds. The van der Waals surface area contributed by atoms with Crippen LogP contribution in [0.1, 0.15) is 25.9 Å². The highest BCUT2D eigenvalue weighted by Gasteiger charge is 2.21. The topological polar surface area (TPSA) is 127 Å². The Morgan fingerprint density at radius 2 is 1.75 bits per heavy atom. The van der Waals surface area contributed by atoms with Gasteiger partial charge in [0.25, 0.3) is 11.8 Å². The zero-order chi connectivity index (χ0) is 23.0. The lowest BCUT2D eigenvalue weighted by molar-refractivity contribution is 0.0844. The molecule has 0 bridgehead atoms. The molecular formula is C20H20N6O4S2. The maximum absolute atomic E-state index is 12.6. The summed E-state index contributed by atoms with van der Waals surface area (Å²) in [5.74, 6) is -1.14. The first-order chi connectivity index (χ1) is 15.2. The lowest BCUT2D eigenvalue weighted by Crippen LogP contribution is -2.41. The molecule has 0 atom stereocenters. The molecule has 10 nitrogen and oxygen atoms in total. The Morgan fingerprint density at radius 3 is 2.44 bits per heavy atom. The molecule has 12 heteroatoms. The quantitative estimate of drug-likeness (QED) is 0.381. The van der Waals surface area contributed by atoms with Crippen LogP contribution in [0.2, 0.25) is 0 Å². The fraction of sp³-hybridized carbons (Fsp3) is 0.150. The Hall–Kier alpha value is -3.48. The Balaban J connectivity index is 1.52. The average Bonchev–Trinajstić information content (AvgIpc) is 3.47. The van der Waals surface area contributed by atoms with Crippen LogP contribution in [-0.4, -0.2) is 41.6 Å². The van der Waals surface area contributed by atoms with E-state index < -0.39 is 21.8 Å². The second kappa shape index (κ2) is 8.22.